The number of hydrogen-bond acceptors (Lipinski definition) is 2. The quantitative estimate of drug-likeness (QED) is 0.608. The van der Waals surface area contributed by atoms with Gasteiger partial charge in [-0.15, -0.1) is 5.43 Å². The largest absolute Gasteiger partial charge is 0.235 e. The molecule has 4 nitrogen and oxygen atoms in total. The Hall–Kier alpha value is -1.84. The van der Waals surface area contributed by atoms with Gasteiger partial charge in [0.15, 0.2) is 5.03 Å². The van der Waals surface area contributed by atoms with Crippen molar-refractivity contribution in [3.05, 3.63) is 46.0 Å². The second-order valence-electron chi connectivity index (χ2n) is 3.57. The molecule has 78 valence electrons. The normalized spacial score (nSPS) is 14.8. The minimum absolute atomic E-state index is 0.533. The van der Waals surface area contributed by atoms with E-state index in [1.165, 1.54) is 12.0 Å². The molecule has 0 spiro atoms. The smallest absolute Gasteiger partial charge is 0.162 e. The van der Waals surface area contributed by atoms with Crippen LogP contribution in [0.25, 0.3) is 5.57 Å². The number of nitrogens with zero attached hydrogens (tertiary/aromatic N) is 1. The Labute approximate surface area is 87.7 Å². The van der Waals surface area contributed by atoms with Crippen LogP contribution in [0.3, 0.4) is 0 Å². The first-order valence-electron chi connectivity index (χ1n) is 4.96. The molecule has 2 rings (SSSR count). The van der Waals surface area contributed by atoms with Crippen molar-refractivity contribution in [3.63, 3.8) is 0 Å². The van der Waals surface area contributed by atoms with E-state index in [1.807, 2.05) is 18.2 Å². The molecule has 0 aromatic heterocycles. The van der Waals surface area contributed by atoms with Crippen LogP contribution in [0.15, 0.2) is 30.3 Å². The first-order valence-corrected chi connectivity index (χ1v) is 4.96. The molecule has 0 bridgehead atoms. The van der Waals surface area contributed by atoms with Gasteiger partial charge >= 0.3 is 0 Å². The highest BCUT2D eigenvalue weighted by Gasteiger charge is 2.08. The molecular weight excluding hydrogens is 192 g/mol. The number of allylic oxidation sites excluding steroid dienone is 2. The average Bonchev–Trinajstić information content (AvgIpc) is 2.69. The summed E-state index contributed by atoms with van der Waals surface area (Å²) in [7, 11) is 0. The lowest BCUT2D eigenvalue weighted by Gasteiger charge is -2.03. The molecular formula is C11H12N2O2. The Kier molecular flexibility index (Phi) is 2.67. The second-order valence-corrected chi connectivity index (χ2v) is 3.57. The van der Waals surface area contributed by atoms with Crippen molar-refractivity contribution in [2.75, 3.05) is 5.43 Å². The SMILES string of the molecule is O=[N+]([O-])Nc1cccc(C2=CCCC2)c1. The Bertz CT molecular complexity index is 413. The van der Waals surface area contributed by atoms with E-state index in [2.05, 4.69) is 11.5 Å². The van der Waals surface area contributed by atoms with E-state index in [9.17, 15) is 10.1 Å². The predicted octanol–water partition coefficient (Wildman–Crippen LogP) is 2.86. The molecule has 0 atom stereocenters. The Morgan fingerprint density at radius 3 is 2.93 bits per heavy atom. The van der Waals surface area contributed by atoms with Crippen LogP contribution in [0.1, 0.15) is 24.8 Å². The van der Waals surface area contributed by atoms with Gasteiger partial charge in [0.2, 0.25) is 0 Å². The summed E-state index contributed by atoms with van der Waals surface area (Å²) < 4.78 is 0. The van der Waals surface area contributed by atoms with Gasteiger partial charge in [0, 0.05) is 0 Å². The monoisotopic (exact) mass is 204 g/mol. The highest BCUT2D eigenvalue weighted by atomic mass is 16.7. The molecule has 1 aromatic rings. The minimum atomic E-state index is -0.540. The van der Waals surface area contributed by atoms with E-state index in [1.54, 1.807) is 6.07 Å². The molecule has 1 N–H and O–H groups in total. The summed E-state index contributed by atoms with van der Waals surface area (Å²) in [5.41, 5.74) is 5.07. The summed E-state index contributed by atoms with van der Waals surface area (Å²) in [6.07, 6.45) is 5.57. The lowest BCUT2D eigenvalue weighted by molar-refractivity contribution is -0.445. The minimum Gasteiger partial charge on any atom is -0.235 e. The lowest BCUT2D eigenvalue weighted by Crippen LogP contribution is -2.07. The van der Waals surface area contributed by atoms with Crippen LogP contribution in [-0.2, 0) is 0 Å². The van der Waals surface area contributed by atoms with Gasteiger partial charge in [-0.25, -0.2) is 10.1 Å². The molecule has 1 aliphatic rings. The summed E-state index contributed by atoms with van der Waals surface area (Å²) in [4.78, 5) is 10.3. The fourth-order valence-corrected chi connectivity index (χ4v) is 1.83. The number of nitro groups is 1. The van der Waals surface area contributed by atoms with Crippen molar-refractivity contribution in [3.8, 4) is 0 Å². The summed E-state index contributed by atoms with van der Waals surface area (Å²) >= 11 is 0. The van der Waals surface area contributed by atoms with Crippen molar-refractivity contribution in [2.45, 2.75) is 19.3 Å². The number of hydrazine groups is 1. The molecule has 0 heterocycles. The van der Waals surface area contributed by atoms with E-state index in [0.29, 0.717) is 5.69 Å². The summed E-state index contributed by atoms with van der Waals surface area (Å²) in [6, 6.07) is 7.34. The van der Waals surface area contributed by atoms with E-state index < -0.39 is 5.03 Å². The van der Waals surface area contributed by atoms with Gasteiger partial charge < -0.3 is 0 Å². The van der Waals surface area contributed by atoms with Gasteiger partial charge in [0.1, 0.15) is 5.69 Å². The maximum Gasteiger partial charge on any atom is 0.162 e. The van der Waals surface area contributed by atoms with E-state index >= 15 is 0 Å². The standard InChI is InChI=1S/C11H12N2O2/c14-13(15)12-11-7-3-6-10(8-11)9-4-1-2-5-9/h3-4,6-8,12H,1-2,5H2. The maximum absolute atomic E-state index is 10.3. The number of rotatable bonds is 3. The van der Waals surface area contributed by atoms with Gasteiger partial charge in [0.05, 0.1) is 0 Å². The van der Waals surface area contributed by atoms with Gasteiger partial charge in [-0.05, 0) is 42.5 Å². The third-order valence-electron chi connectivity index (χ3n) is 2.49. The van der Waals surface area contributed by atoms with E-state index in [4.69, 9.17) is 0 Å². The number of benzene rings is 1. The van der Waals surface area contributed by atoms with Crippen molar-refractivity contribution in [2.24, 2.45) is 0 Å². The highest BCUT2D eigenvalue weighted by molar-refractivity contribution is 5.69. The van der Waals surface area contributed by atoms with Crippen LogP contribution in [0, 0.1) is 10.1 Å². The summed E-state index contributed by atoms with van der Waals surface area (Å²) in [6.45, 7) is 0. The second kappa shape index (κ2) is 4.13. The van der Waals surface area contributed by atoms with Gasteiger partial charge in [-0.1, -0.05) is 18.2 Å². The molecule has 0 amide bonds. The Balaban J connectivity index is 2.22. The van der Waals surface area contributed by atoms with Crippen molar-refractivity contribution in [1.29, 1.82) is 0 Å². The molecule has 0 radical (unpaired) electrons. The van der Waals surface area contributed by atoms with Crippen LogP contribution in [-0.4, -0.2) is 5.03 Å². The topological polar surface area (TPSA) is 55.2 Å². The third-order valence-corrected chi connectivity index (χ3v) is 2.49. The molecule has 15 heavy (non-hydrogen) atoms. The summed E-state index contributed by atoms with van der Waals surface area (Å²) in [5.74, 6) is 0. The Morgan fingerprint density at radius 2 is 2.27 bits per heavy atom. The molecule has 1 aromatic carbocycles. The maximum atomic E-state index is 10.3. The molecule has 0 aliphatic heterocycles. The zero-order chi connectivity index (χ0) is 10.7. The average molecular weight is 204 g/mol. The van der Waals surface area contributed by atoms with Crippen molar-refractivity contribution in [1.82, 2.24) is 0 Å². The van der Waals surface area contributed by atoms with Gasteiger partial charge in [0.25, 0.3) is 0 Å². The van der Waals surface area contributed by atoms with Gasteiger partial charge in [-0.3, -0.25) is 0 Å². The fourth-order valence-electron chi connectivity index (χ4n) is 1.83. The summed E-state index contributed by atoms with van der Waals surface area (Å²) in [5, 5.41) is 9.74. The Morgan fingerprint density at radius 1 is 1.40 bits per heavy atom. The lowest BCUT2D eigenvalue weighted by atomic mass is 10.1. The zero-order valence-corrected chi connectivity index (χ0v) is 8.27. The van der Waals surface area contributed by atoms with Crippen LogP contribution < -0.4 is 5.43 Å². The van der Waals surface area contributed by atoms with E-state index in [-0.39, 0.29) is 0 Å². The van der Waals surface area contributed by atoms with Crippen LogP contribution in [0.2, 0.25) is 0 Å². The molecule has 0 fully saturated rings. The predicted molar refractivity (Wildman–Crippen MR) is 58.9 cm³/mol. The third kappa shape index (κ3) is 2.34. The zero-order valence-electron chi connectivity index (χ0n) is 8.27. The first-order chi connectivity index (χ1) is 7.25. The van der Waals surface area contributed by atoms with Gasteiger partial charge in [-0.2, -0.15) is 0 Å². The number of nitrogens with one attached hydrogen (secondary N) is 1. The number of hydrogen-bond donors (Lipinski definition) is 1. The van der Waals surface area contributed by atoms with Crippen LogP contribution >= 0.6 is 0 Å². The molecule has 0 saturated carbocycles. The molecule has 4 heteroatoms. The van der Waals surface area contributed by atoms with E-state index in [0.717, 1.165) is 18.4 Å². The molecule has 1 aliphatic carbocycles. The molecule has 0 saturated heterocycles. The van der Waals surface area contributed by atoms with Crippen molar-refractivity contribution >= 4 is 11.3 Å². The number of anilines is 1. The van der Waals surface area contributed by atoms with Crippen LogP contribution in [0.4, 0.5) is 5.69 Å². The van der Waals surface area contributed by atoms with Crippen LogP contribution in [0.5, 0.6) is 0 Å². The fraction of sp³-hybridized carbons (Fsp3) is 0.273. The van der Waals surface area contributed by atoms with Crippen molar-refractivity contribution < 1.29 is 5.03 Å². The molecule has 0 unspecified atom stereocenters. The highest BCUT2D eigenvalue weighted by Crippen LogP contribution is 2.28. The first kappa shape index (κ1) is 9.71.